The van der Waals surface area contributed by atoms with Gasteiger partial charge < -0.3 is 10.4 Å². The standard InChI is InChI=1S/C14H11Cl2FN2O2/c15-9-2-1-8(11(16)7-9)3-5-18-13-12(17)10(14(20)21)4-6-19-13/h1-2,4,6-7H,3,5H2,(H,18,19)(H,20,21). The summed E-state index contributed by atoms with van der Waals surface area (Å²) in [6, 6.07) is 6.23. The van der Waals surface area contributed by atoms with Gasteiger partial charge >= 0.3 is 5.97 Å². The zero-order chi connectivity index (χ0) is 15.4. The Bertz CT molecular complexity index is 680. The van der Waals surface area contributed by atoms with E-state index in [0.29, 0.717) is 23.0 Å². The number of hydrogen-bond donors (Lipinski definition) is 2. The van der Waals surface area contributed by atoms with Crippen molar-refractivity contribution in [2.75, 3.05) is 11.9 Å². The zero-order valence-corrected chi connectivity index (χ0v) is 12.2. The van der Waals surface area contributed by atoms with E-state index in [0.717, 1.165) is 11.6 Å². The molecule has 0 bridgehead atoms. The summed E-state index contributed by atoms with van der Waals surface area (Å²) in [6.45, 7) is 0.356. The van der Waals surface area contributed by atoms with E-state index in [4.69, 9.17) is 28.3 Å². The molecule has 0 saturated carbocycles. The number of hydrogen-bond acceptors (Lipinski definition) is 3. The second kappa shape index (κ2) is 6.74. The molecule has 1 aromatic heterocycles. The molecule has 2 rings (SSSR count). The van der Waals surface area contributed by atoms with Crippen LogP contribution in [0.25, 0.3) is 0 Å². The minimum atomic E-state index is -1.33. The Morgan fingerprint density at radius 2 is 2.10 bits per heavy atom. The van der Waals surface area contributed by atoms with Gasteiger partial charge in [0.05, 0.1) is 0 Å². The Balaban J connectivity index is 2.04. The summed E-state index contributed by atoms with van der Waals surface area (Å²) in [5.74, 6) is -2.31. The first-order valence-corrected chi connectivity index (χ1v) is 6.80. The number of carbonyl (C=O) groups is 1. The SMILES string of the molecule is O=C(O)c1ccnc(NCCc2ccc(Cl)cc2Cl)c1F. The molecule has 0 amide bonds. The molecular weight excluding hydrogens is 318 g/mol. The zero-order valence-electron chi connectivity index (χ0n) is 10.7. The van der Waals surface area contributed by atoms with Gasteiger partial charge in [-0.2, -0.15) is 0 Å². The molecule has 0 radical (unpaired) electrons. The van der Waals surface area contributed by atoms with Crippen molar-refractivity contribution in [3.05, 3.63) is 57.5 Å². The molecule has 4 nitrogen and oxygen atoms in total. The highest BCUT2D eigenvalue weighted by atomic mass is 35.5. The van der Waals surface area contributed by atoms with E-state index in [1.54, 1.807) is 18.2 Å². The van der Waals surface area contributed by atoms with E-state index in [1.807, 2.05) is 0 Å². The highest BCUT2D eigenvalue weighted by molar-refractivity contribution is 6.35. The summed E-state index contributed by atoms with van der Waals surface area (Å²) >= 11 is 11.8. The molecule has 2 N–H and O–H groups in total. The predicted molar refractivity (Wildman–Crippen MR) is 79.8 cm³/mol. The van der Waals surface area contributed by atoms with Crippen LogP contribution in [0.15, 0.2) is 30.5 Å². The van der Waals surface area contributed by atoms with Crippen molar-refractivity contribution in [3.8, 4) is 0 Å². The number of aromatic carboxylic acids is 1. The number of halogens is 3. The molecule has 1 aromatic carbocycles. The van der Waals surface area contributed by atoms with Gasteiger partial charge in [0.15, 0.2) is 11.6 Å². The number of pyridine rings is 1. The highest BCUT2D eigenvalue weighted by Gasteiger charge is 2.14. The minimum Gasteiger partial charge on any atom is -0.478 e. The Morgan fingerprint density at radius 3 is 2.76 bits per heavy atom. The van der Waals surface area contributed by atoms with Crippen molar-refractivity contribution in [3.63, 3.8) is 0 Å². The molecule has 0 spiro atoms. The molecule has 7 heteroatoms. The number of benzene rings is 1. The van der Waals surface area contributed by atoms with Crippen molar-refractivity contribution < 1.29 is 14.3 Å². The van der Waals surface area contributed by atoms with E-state index in [-0.39, 0.29) is 5.82 Å². The monoisotopic (exact) mass is 328 g/mol. The largest absolute Gasteiger partial charge is 0.478 e. The molecule has 0 aliphatic carbocycles. The van der Waals surface area contributed by atoms with Crippen molar-refractivity contribution in [2.45, 2.75) is 6.42 Å². The van der Waals surface area contributed by atoms with Gasteiger partial charge in [-0.05, 0) is 30.2 Å². The van der Waals surface area contributed by atoms with Gasteiger partial charge in [0.2, 0.25) is 0 Å². The lowest BCUT2D eigenvalue weighted by Gasteiger charge is -2.09. The number of anilines is 1. The first-order valence-electron chi connectivity index (χ1n) is 6.04. The third-order valence-corrected chi connectivity index (χ3v) is 3.41. The molecule has 0 aliphatic heterocycles. The molecule has 1 heterocycles. The number of nitrogens with zero attached hydrogens (tertiary/aromatic N) is 1. The number of rotatable bonds is 5. The van der Waals surface area contributed by atoms with Crippen LogP contribution in [0.5, 0.6) is 0 Å². The third-order valence-electron chi connectivity index (χ3n) is 2.82. The van der Waals surface area contributed by atoms with Crippen LogP contribution in [-0.2, 0) is 6.42 Å². The molecule has 2 aromatic rings. The molecule has 110 valence electrons. The third kappa shape index (κ3) is 3.83. The van der Waals surface area contributed by atoms with Crippen LogP contribution in [0, 0.1) is 5.82 Å². The quantitative estimate of drug-likeness (QED) is 0.874. The van der Waals surface area contributed by atoms with E-state index in [1.165, 1.54) is 6.20 Å². The van der Waals surface area contributed by atoms with Gasteiger partial charge in [0.1, 0.15) is 5.56 Å². The van der Waals surface area contributed by atoms with Crippen LogP contribution in [0.4, 0.5) is 10.2 Å². The lowest BCUT2D eigenvalue weighted by Crippen LogP contribution is -2.11. The van der Waals surface area contributed by atoms with Crippen LogP contribution in [0.1, 0.15) is 15.9 Å². The lowest BCUT2D eigenvalue weighted by atomic mass is 10.1. The summed E-state index contributed by atoms with van der Waals surface area (Å²) in [6.07, 6.45) is 1.76. The van der Waals surface area contributed by atoms with E-state index >= 15 is 0 Å². The second-order valence-corrected chi connectivity index (χ2v) is 5.08. The van der Waals surface area contributed by atoms with Crippen LogP contribution >= 0.6 is 23.2 Å². The molecule has 21 heavy (non-hydrogen) atoms. The van der Waals surface area contributed by atoms with E-state index in [2.05, 4.69) is 10.3 Å². The lowest BCUT2D eigenvalue weighted by molar-refractivity contribution is 0.0692. The van der Waals surface area contributed by atoms with Gasteiger partial charge in [0, 0.05) is 22.8 Å². The summed E-state index contributed by atoms with van der Waals surface area (Å²) < 4.78 is 13.8. The Kier molecular flexibility index (Phi) is 4.98. The Labute approximate surface area is 130 Å². The number of carboxylic acids is 1. The fourth-order valence-electron chi connectivity index (χ4n) is 1.77. The normalized spacial score (nSPS) is 10.4. The maximum Gasteiger partial charge on any atom is 0.338 e. The smallest absolute Gasteiger partial charge is 0.338 e. The van der Waals surface area contributed by atoms with Gasteiger partial charge in [-0.3, -0.25) is 0 Å². The second-order valence-electron chi connectivity index (χ2n) is 4.24. The van der Waals surface area contributed by atoms with Crippen molar-refractivity contribution in [1.29, 1.82) is 0 Å². The minimum absolute atomic E-state index is 0.0972. The summed E-state index contributed by atoms with van der Waals surface area (Å²) in [4.78, 5) is 14.6. The van der Waals surface area contributed by atoms with E-state index < -0.39 is 17.3 Å². The van der Waals surface area contributed by atoms with Gasteiger partial charge in [-0.15, -0.1) is 0 Å². The van der Waals surface area contributed by atoms with Crippen molar-refractivity contribution >= 4 is 35.0 Å². The fourth-order valence-corrected chi connectivity index (χ4v) is 2.28. The summed E-state index contributed by atoms with van der Waals surface area (Å²) in [5, 5.41) is 12.7. The molecule has 0 saturated heterocycles. The number of nitrogens with one attached hydrogen (secondary N) is 1. The maximum atomic E-state index is 13.8. The summed E-state index contributed by atoms with van der Waals surface area (Å²) in [7, 11) is 0. The van der Waals surface area contributed by atoms with Crippen molar-refractivity contribution in [1.82, 2.24) is 4.98 Å². The Morgan fingerprint density at radius 1 is 1.33 bits per heavy atom. The molecule has 0 atom stereocenters. The highest BCUT2D eigenvalue weighted by Crippen LogP contribution is 2.21. The molecular formula is C14H11Cl2FN2O2. The molecule has 0 fully saturated rings. The number of carboxylic acid groups (broad SMARTS) is 1. The van der Waals surface area contributed by atoms with Gasteiger partial charge in [0.25, 0.3) is 0 Å². The molecule has 0 unspecified atom stereocenters. The Hall–Kier alpha value is -1.85. The van der Waals surface area contributed by atoms with Crippen molar-refractivity contribution in [2.24, 2.45) is 0 Å². The summed E-state index contributed by atoms with van der Waals surface area (Å²) in [5.41, 5.74) is 0.431. The maximum absolute atomic E-state index is 13.8. The van der Waals surface area contributed by atoms with Gasteiger partial charge in [-0.25, -0.2) is 14.2 Å². The average molecular weight is 329 g/mol. The first kappa shape index (κ1) is 15.5. The average Bonchev–Trinajstić information content (AvgIpc) is 2.42. The first-order chi connectivity index (χ1) is 9.99. The topological polar surface area (TPSA) is 62.2 Å². The number of aromatic nitrogens is 1. The molecule has 0 aliphatic rings. The van der Waals surface area contributed by atoms with Crippen LogP contribution in [0.3, 0.4) is 0 Å². The van der Waals surface area contributed by atoms with Crippen LogP contribution < -0.4 is 5.32 Å². The van der Waals surface area contributed by atoms with Gasteiger partial charge in [-0.1, -0.05) is 29.3 Å². The van der Waals surface area contributed by atoms with Crippen LogP contribution in [0.2, 0.25) is 10.0 Å². The predicted octanol–water partition coefficient (Wildman–Crippen LogP) is 3.88. The van der Waals surface area contributed by atoms with Crippen LogP contribution in [-0.4, -0.2) is 22.6 Å². The fraction of sp³-hybridized carbons (Fsp3) is 0.143. The van der Waals surface area contributed by atoms with E-state index in [9.17, 15) is 9.18 Å².